The molecule has 1 heterocycles. The van der Waals surface area contributed by atoms with Gasteiger partial charge in [-0.2, -0.15) is 0 Å². The van der Waals surface area contributed by atoms with Gasteiger partial charge >= 0.3 is 0 Å². The molecule has 3 nitrogen and oxygen atoms in total. The zero-order chi connectivity index (χ0) is 15.2. The van der Waals surface area contributed by atoms with Crippen molar-refractivity contribution in [2.24, 2.45) is 0 Å². The second kappa shape index (κ2) is 7.27. The number of carbonyl (C=O) groups excluding carboxylic acids is 1. The molecular formula is C17H22N2OS. The highest BCUT2D eigenvalue weighted by Crippen LogP contribution is 2.18. The molecule has 0 aliphatic rings. The van der Waals surface area contributed by atoms with E-state index in [1.807, 2.05) is 43.0 Å². The standard InChI is InChI=1S/C17H22N2OS/c1-4-19(5-2)17(20)14-7-6-8-15(11-14)18-12-16-10-9-13(3)21-16/h6-11,18H,4-5,12H2,1-3H3. The quantitative estimate of drug-likeness (QED) is 0.869. The number of hydrogen-bond acceptors (Lipinski definition) is 3. The predicted octanol–water partition coefficient (Wildman–Crippen LogP) is 4.15. The smallest absolute Gasteiger partial charge is 0.253 e. The van der Waals surface area contributed by atoms with Crippen LogP contribution in [0.4, 0.5) is 5.69 Å². The van der Waals surface area contributed by atoms with Crippen LogP contribution in [0.15, 0.2) is 36.4 Å². The first-order valence-electron chi connectivity index (χ1n) is 7.32. The van der Waals surface area contributed by atoms with Gasteiger partial charge in [0.25, 0.3) is 5.91 Å². The van der Waals surface area contributed by atoms with E-state index in [0.29, 0.717) is 0 Å². The molecule has 2 aromatic rings. The summed E-state index contributed by atoms with van der Waals surface area (Å²) in [5.74, 6) is 0.0932. The van der Waals surface area contributed by atoms with Crippen molar-refractivity contribution in [1.82, 2.24) is 4.90 Å². The fourth-order valence-electron chi connectivity index (χ4n) is 2.22. The maximum absolute atomic E-state index is 12.3. The van der Waals surface area contributed by atoms with E-state index >= 15 is 0 Å². The second-order valence-electron chi connectivity index (χ2n) is 4.92. The van der Waals surface area contributed by atoms with Gasteiger partial charge in [0.15, 0.2) is 0 Å². The van der Waals surface area contributed by atoms with Gasteiger partial charge in [-0.1, -0.05) is 6.07 Å². The van der Waals surface area contributed by atoms with Gasteiger partial charge in [0.05, 0.1) is 0 Å². The van der Waals surface area contributed by atoms with E-state index in [9.17, 15) is 4.79 Å². The highest BCUT2D eigenvalue weighted by atomic mass is 32.1. The Labute approximate surface area is 130 Å². The lowest BCUT2D eigenvalue weighted by atomic mass is 10.1. The number of rotatable bonds is 6. The number of aryl methyl sites for hydroxylation is 1. The maximum Gasteiger partial charge on any atom is 0.253 e. The summed E-state index contributed by atoms with van der Waals surface area (Å²) < 4.78 is 0. The van der Waals surface area contributed by atoms with Crippen molar-refractivity contribution in [3.63, 3.8) is 0 Å². The lowest BCUT2D eigenvalue weighted by molar-refractivity contribution is 0.0773. The summed E-state index contributed by atoms with van der Waals surface area (Å²) in [5, 5.41) is 3.38. The van der Waals surface area contributed by atoms with Crippen LogP contribution in [0.25, 0.3) is 0 Å². The second-order valence-corrected chi connectivity index (χ2v) is 6.30. The van der Waals surface area contributed by atoms with Crippen molar-refractivity contribution in [3.05, 3.63) is 51.7 Å². The normalized spacial score (nSPS) is 10.4. The van der Waals surface area contributed by atoms with Crippen molar-refractivity contribution in [2.45, 2.75) is 27.3 Å². The fraction of sp³-hybridized carbons (Fsp3) is 0.353. The molecule has 0 spiro atoms. The van der Waals surface area contributed by atoms with E-state index in [1.54, 1.807) is 11.3 Å². The summed E-state index contributed by atoms with van der Waals surface area (Å²) in [7, 11) is 0. The van der Waals surface area contributed by atoms with Crippen molar-refractivity contribution >= 4 is 22.9 Å². The van der Waals surface area contributed by atoms with E-state index in [4.69, 9.17) is 0 Å². The first-order chi connectivity index (χ1) is 10.1. The number of carbonyl (C=O) groups is 1. The SMILES string of the molecule is CCN(CC)C(=O)c1cccc(NCc2ccc(C)s2)c1. The molecule has 1 aromatic carbocycles. The average molecular weight is 302 g/mol. The summed E-state index contributed by atoms with van der Waals surface area (Å²) in [5.41, 5.74) is 1.73. The highest BCUT2D eigenvalue weighted by molar-refractivity contribution is 7.11. The van der Waals surface area contributed by atoms with Gasteiger partial charge in [0.1, 0.15) is 0 Å². The molecule has 1 N–H and O–H groups in total. The van der Waals surface area contributed by atoms with Gasteiger partial charge in [0, 0.05) is 40.6 Å². The van der Waals surface area contributed by atoms with Gasteiger partial charge < -0.3 is 10.2 Å². The minimum absolute atomic E-state index is 0.0932. The van der Waals surface area contributed by atoms with Crippen LogP contribution in [0.3, 0.4) is 0 Å². The third-order valence-electron chi connectivity index (χ3n) is 3.42. The molecule has 21 heavy (non-hydrogen) atoms. The van der Waals surface area contributed by atoms with Crippen LogP contribution in [0.1, 0.15) is 34.0 Å². The zero-order valence-electron chi connectivity index (χ0n) is 12.8. The first kappa shape index (κ1) is 15.6. The van der Waals surface area contributed by atoms with Crippen LogP contribution < -0.4 is 5.32 Å². The van der Waals surface area contributed by atoms with Crippen LogP contribution in [-0.2, 0) is 6.54 Å². The van der Waals surface area contributed by atoms with Crippen LogP contribution in [0.2, 0.25) is 0 Å². The van der Waals surface area contributed by atoms with Crippen molar-refractivity contribution in [1.29, 1.82) is 0 Å². The summed E-state index contributed by atoms with van der Waals surface area (Å²) in [6.07, 6.45) is 0. The monoisotopic (exact) mass is 302 g/mol. The number of anilines is 1. The Bertz CT molecular complexity index is 602. The summed E-state index contributed by atoms with van der Waals surface area (Å²) in [6, 6.07) is 12.0. The van der Waals surface area contributed by atoms with E-state index in [2.05, 4.69) is 24.4 Å². The molecule has 0 atom stereocenters. The Morgan fingerprint density at radius 3 is 2.57 bits per heavy atom. The zero-order valence-corrected chi connectivity index (χ0v) is 13.7. The van der Waals surface area contributed by atoms with Crippen molar-refractivity contribution in [2.75, 3.05) is 18.4 Å². The molecule has 0 unspecified atom stereocenters. The third kappa shape index (κ3) is 4.08. The van der Waals surface area contributed by atoms with E-state index < -0.39 is 0 Å². The minimum atomic E-state index is 0.0932. The Hall–Kier alpha value is -1.81. The molecule has 0 aliphatic carbocycles. The molecule has 0 bridgehead atoms. The molecule has 0 fully saturated rings. The number of benzene rings is 1. The number of nitrogens with zero attached hydrogens (tertiary/aromatic N) is 1. The Morgan fingerprint density at radius 1 is 1.19 bits per heavy atom. The highest BCUT2D eigenvalue weighted by Gasteiger charge is 2.12. The van der Waals surface area contributed by atoms with Gasteiger partial charge in [0.2, 0.25) is 0 Å². The van der Waals surface area contributed by atoms with Gasteiger partial charge in [-0.25, -0.2) is 0 Å². The molecule has 1 amide bonds. The van der Waals surface area contributed by atoms with Gasteiger partial charge in [-0.3, -0.25) is 4.79 Å². The van der Waals surface area contributed by atoms with Crippen LogP contribution >= 0.6 is 11.3 Å². The first-order valence-corrected chi connectivity index (χ1v) is 8.14. The summed E-state index contributed by atoms with van der Waals surface area (Å²) >= 11 is 1.79. The topological polar surface area (TPSA) is 32.3 Å². The van der Waals surface area contributed by atoms with Gasteiger partial charge in [-0.15, -0.1) is 11.3 Å². The fourth-order valence-corrected chi connectivity index (χ4v) is 3.05. The largest absolute Gasteiger partial charge is 0.380 e. The van der Waals surface area contributed by atoms with Crippen molar-refractivity contribution in [3.8, 4) is 0 Å². The summed E-state index contributed by atoms with van der Waals surface area (Å²) in [4.78, 5) is 16.8. The number of nitrogens with one attached hydrogen (secondary N) is 1. The van der Waals surface area contributed by atoms with E-state index in [1.165, 1.54) is 9.75 Å². The molecule has 2 rings (SSSR count). The van der Waals surface area contributed by atoms with Crippen LogP contribution in [0.5, 0.6) is 0 Å². The molecule has 0 aliphatic heterocycles. The van der Waals surface area contributed by atoms with Crippen LogP contribution in [-0.4, -0.2) is 23.9 Å². The summed E-state index contributed by atoms with van der Waals surface area (Å²) in [6.45, 7) is 8.38. The molecule has 0 radical (unpaired) electrons. The number of hydrogen-bond donors (Lipinski definition) is 1. The molecule has 0 saturated heterocycles. The third-order valence-corrected chi connectivity index (χ3v) is 4.42. The Morgan fingerprint density at radius 2 is 1.95 bits per heavy atom. The average Bonchev–Trinajstić information content (AvgIpc) is 2.92. The molecule has 1 aromatic heterocycles. The number of amides is 1. The lowest BCUT2D eigenvalue weighted by Gasteiger charge is -2.19. The van der Waals surface area contributed by atoms with Crippen LogP contribution in [0, 0.1) is 6.92 Å². The Balaban J connectivity index is 2.05. The molecular weight excluding hydrogens is 280 g/mol. The van der Waals surface area contributed by atoms with E-state index in [0.717, 1.165) is 30.9 Å². The predicted molar refractivity (Wildman–Crippen MR) is 90.1 cm³/mol. The Kier molecular flexibility index (Phi) is 5.39. The van der Waals surface area contributed by atoms with Crippen molar-refractivity contribution < 1.29 is 4.79 Å². The van der Waals surface area contributed by atoms with E-state index in [-0.39, 0.29) is 5.91 Å². The molecule has 4 heteroatoms. The molecule has 112 valence electrons. The molecule has 0 saturated carbocycles. The minimum Gasteiger partial charge on any atom is -0.380 e. The van der Waals surface area contributed by atoms with Gasteiger partial charge in [-0.05, 0) is 51.1 Å². The maximum atomic E-state index is 12.3. The lowest BCUT2D eigenvalue weighted by Crippen LogP contribution is -2.30. The number of thiophene rings is 1.